The fourth-order valence-electron chi connectivity index (χ4n) is 2.65. The van der Waals surface area contributed by atoms with Gasteiger partial charge in [-0.05, 0) is 23.4 Å². The van der Waals surface area contributed by atoms with Gasteiger partial charge >= 0.3 is 5.97 Å². The molecule has 3 rings (SSSR count). The molecule has 3 aromatic rings. The highest BCUT2D eigenvalue weighted by Crippen LogP contribution is 2.49. The predicted octanol–water partition coefficient (Wildman–Crippen LogP) is 5.59. The molecule has 0 fully saturated rings. The van der Waals surface area contributed by atoms with Crippen LogP contribution in [0.1, 0.15) is 11.1 Å². The van der Waals surface area contributed by atoms with Crippen LogP contribution in [0.3, 0.4) is 0 Å². The Labute approximate surface area is 181 Å². The van der Waals surface area contributed by atoms with E-state index in [1.165, 1.54) is 18.9 Å². The van der Waals surface area contributed by atoms with E-state index in [4.69, 9.17) is 4.74 Å². The first-order valence-electron chi connectivity index (χ1n) is 9.32. The molecule has 0 unspecified atom stereocenters. The molecule has 0 bridgehead atoms. The van der Waals surface area contributed by atoms with E-state index in [1.807, 2.05) is 91.0 Å². The molecule has 0 heterocycles. The third kappa shape index (κ3) is 6.00. The fraction of sp³-hybridized carbons (Fsp3) is 0.0800. The molecule has 0 aliphatic rings. The Morgan fingerprint density at radius 2 is 1.50 bits per heavy atom. The molecule has 5 heteroatoms. The van der Waals surface area contributed by atoms with Gasteiger partial charge in [0.25, 0.3) is 0 Å². The summed E-state index contributed by atoms with van der Waals surface area (Å²) in [5.41, 5.74) is 4.71. The van der Waals surface area contributed by atoms with Crippen molar-refractivity contribution in [1.82, 2.24) is 0 Å². The van der Waals surface area contributed by atoms with E-state index in [-0.39, 0.29) is 11.7 Å². The monoisotopic (exact) mass is 432 g/mol. The lowest BCUT2D eigenvalue weighted by Crippen LogP contribution is -2.04. The van der Waals surface area contributed by atoms with E-state index in [9.17, 15) is 9.36 Å². The second-order valence-electron chi connectivity index (χ2n) is 6.32. The first-order valence-corrected chi connectivity index (χ1v) is 12.1. The lowest BCUT2D eigenvalue weighted by Gasteiger charge is -2.12. The Bertz CT molecular complexity index is 1110. The van der Waals surface area contributed by atoms with Crippen LogP contribution >= 0.6 is 18.9 Å². The van der Waals surface area contributed by atoms with Gasteiger partial charge < -0.3 is 9.30 Å². The van der Waals surface area contributed by atoms with Gasteiger partial charge in [-0.2, -0.15) is 0 Å². The van der Waals surface area contributed by atoms with Gasteiger partial charge in [-0.15, -0.1) is 11.8 Å². The maximum absolute atomic E-state index is 14.1. The van der Waals surface area contributed by atoms with Crippen LogP contribution in [0, 0.1) is 11.6 Å². The predicted molar refractivity (Wildman–Crippen MR) is 126 cm³/mol. The number of esters is 1. The summed E-state index contributed by atoms with van der Waals surface area (Å²) >= 11 is 1.30. The van der Waals surface area contributed by atoms with Gasteiger partial charge in [0.15, 0.2) is 0 Å². The molecule has 0 aromatic heterocycles. The lowest BCUT2D eigenvalue weighted by molar-refractivity contribution is -0.137. The van der Waals surface area contributed by atoms with Crippen molar-refractivity contribution in [3.05, 3.63) is 108 Å². The number of carbonyl (C=O) groups is 1. The molecule has 3 nitrogen and oxygen atoms in total. The van der Waals surface area contributed by atoms with Crippen LogP contribution in [0.25, 0.3) is 4.91 Å². The van der Waals surface area contributed by atoms with E-state index < -0.39 is 7.14 Å². The normalized spacial score (nSPS) is 12.9. The molecule has 150 valence electrons. The minimum absolute atomic E-state index is 0.123. The molecule has 0 amide bonds. The van der Waals surface area contributed by atoms with Crippen LogP contribution in [0.4, 0.5) is 0 Å². The van der Waals surface area contributed by atoms with E-state index in [0.717, 1.165) is 16.0 Å². The molecule has 0 aliphatic carbocycles. The number of methoxy groups -OCH3 is 1. The summed E-state index contributed by atoms with van der Waals surface area (Å²) in [4.78, 5) is 12.5. The van der Waals surface area contributed by atoms with E-state index in [1.54, 1.807) is 5.82 Å². The first-order chi connectivity index (χ1) is 14.6. The van der Waals surface area contributed by atoms with E-state index in [0.29, 0.717) is 5.30 Å². The summed E-state index contributed by atoms with van der Waals surface area (Å²) < 4.78 is 18.9. The minimum Gasteiger partial charge on any atom is -0.468 e. The quantitative estimate of drug-likeness (QED) is 0.289. The fourth-order valence-corrected chi connectivity index (χ4v) is 5.82. The summed E-state index contributed by atoms with van der Waals surface area (Å²) in [6.07, 6.45) is 0. The standard InChI is InChI=1S/C25H21O3PS/c1-28-25(26)20-30-24(22-13-7-3-8-14-22)19-29(27,23-15-9-4-10-16-23)18-17-21-11-5-2-6-12-21/h2-16,19H,20H2,1H3/b24-19-/t29-/m0/s1. The Kier molecular flexibility index (Phi) is 7.74. The number of carbonyl (C=O) groups excluding carboxylic acids is 1. The number of hydrogen-bond donors (Lipinski definition) is 0. The van der Waals surface area contributed by atoms with Crippen LogP contribution in [-0.4, -0.2) is 18.8 Å². The highest BCUT2D eigenvalue weighted by Gasteiger charge is 2.22. The average molecular weight is 432 g/mol. The van der Waals surface area contributed by atoms with Gasteiger partial charge in [0, 0.05) is 21.6 Å². The Morgan fingerprint density at radius 3 is 2.10 bits per heavy atom. The zero-order valence-electron chi connectivity index (χ0n) is 16.5. The largest absolute Gasteiger partial charge is 0.468 e. The van der Waals surface area contributed by atoms with Crippen molar-refractivity contribution in [2.75, 3.05) is 12.9 Å². The van der Waals surface area contributed by atoms with Crippen molar-refractivity contribution in [2.24, 2.45) is 0 Å². The topological polar surface area (TPSA) is 43.4 Å². The van der Waals surface area contributed by atoms with Gasteiger partial charge in [-0.1, -0.05) is 84.8 Å². The maximum atomic E-state index is 14.1. The molecule has 0 saturated carbocycles. The molecular weight excluding hydrogens is 411 g/mol. The Morgan fingerprint density at radius 1 is 0.933 bits per heavy atom. The smallest absolute Gasteiger partial charge is 0.315 e. The van der Waals surface area contributed by atoms with Crippen molar-refractivity contribution in [2.45, 2.75) is 0 Å². The minimum atomic E-state index is -3.22. The molecule has 0 spiro atoms. The van der Waals surface area contributed by atoms with Crippen molar-refractivity contribution in [1.29, 1.82) is 0 Å². The third-order valence-corrected chi connectivity index (χ3v) is 7.56. The molecule has 0 saturated heterocycles. The molecule has 30 heavy (non-hydrogen) atoms. The van der Waals surface area contributed by atoms with Crippen LogP contribution in [-0.2, 0) is 14.1 Å². The number of ether oxygens (including phenoxy) is 1. The van der Waals surface area contributed by atoms with Crippen molar-refractivity contribution >= 4 is 35.1 Å². The van der Waals surface area contributed by atoms with E-state index >= 15 is 0 Å². The van der Waals surface area contributed by atoms with Gasteiger partial charge in [0.1, 0.15) is 0 Å². The van der Waals surface area contributed by atoms with Gasteiger partial charge in [-0.25, -0.2) is 0 Å². The van der Waals surface area contributed by atoms with Crippen molar-refractivity contribution < 1.29 is 14.1 Å². The van der Waals surface area contributed by atoms with Crippen LogP contribution in [0.2, 0.25) is 0 Å². The Hall–Kier alpha value is -2.99. The van der Waals surface area contributed by atoms with Gasteiger partial charge in [0.05, 0.1) is 12.9 Å². The maximum Gasteiger partial charge on any atom is 0.315 e. The number of benzene rings is 3. The van der Waals surface area contributed by atoms with Gasteiger partial charge in [0.2, 0.25) is 7.14 Å². The third-order valence-electron chi connectivity index (χ3n) is 4.21. The Balaban J connectivity index is 2.10. The summed E-state index contributed by atoms with van der Waals surface area (Å²) in [5, 5.41) is 0.653. The van der Waals surface area contributed by atoms with Crippen LogP contribution in [0.5, 0.6) is 0 Å². The second-order valence-corrected chi connectivity index (χ2v) is 9.65. The highest BCUT2D eigenvalue weighted by atomic mass is 32.2. The molecule has 0 N–H and O–H groups in total. The number of hydrogen-bond acceptors (Lipinski definition) is 4. The molecule has 1 atom stereocenters. The summed E-state index contributed by atoms with van der Waals surface area (Å²) in [5.74, 6) is 4.55. The summed E-state index contributed by atoms with van der Waals surface area (Å²) in [6, 6.07) is 28.3. The summed E-state index contributed by atoms with van der Waals surface area (Å²) in [7, 11) is -1.87. The van der Waals surface area contributed by atoms with Crippen molar-refractivity contribution in [3.63, 3.8) is 0 Å². The van der Waals surface area contributed by atoms with E-state index in [2.05, 4.69) is 11.6 Å². The zero-order chi connectivity index (χ0) is 21.2. The molecule has 0 radical (unpaired) electrons. The summed E-state index contributed by atoms with van der Waals surface area (Å²) in [6.45, 7) is 0. The van der Waals surface area contributed by atoms with Crippen molar-refractivity contribution in [3.8, 4) is 11.6 Å². The van der Waals surface area contributed by atoms with Crippen LogP contribution < -0.4 is 5.30 Å². The average Bonchev–Trinajstić information content (AvgIpc) is 2.82. The number of rotatable bonds is 6. The molecular formula is C25H21O3PS. The first kappa shape index (κ1) is 21.7. The van der Waals surface area contributed by atoms with Crippen LogP contribution in [0.15, 0.2) is 96.8 Å². The van der Waals surface area contributed by atoms with Gasteiger partial charge in [-0.3, -0.25) is 4.79 Å². The zero-order valence-corrected chi connectivity index (χ0v) is 18.2. The second kappa shape index (κ2) is 10.7. The molecule has 3 aromatic carbocycles. The molecule has 0 aliphatic heterocycles. The lowest BCUT2D eigenvalue weighted by atomic mass is 10.2. The number of thioether (sulfide) groups is 1. The highest BCUT2D eigenvalue weighted by molar-refractivity contribution is 8.09. The SMILES string of the molecule is COC(=O)CS/C(=C\[P@@](=O)(C#Cc1ccccc1)c1ccccc1)c1ccccc1.